The van der Waals surface area contributed by atoms with E-state index in [1.165, 1.54) is 0 Å². The highest BCUT2D eigenvalue weighted by Gasteiger charge is 2.42. The van der Waals surface area contributed by atoms with Crippen molar-refractivity contribution in [2.24, 2.45) is 11.8 Å². The number of rotatable bonds is 1. The summed E-state index contributed by atoms with van der Waals surface area (Å²) in [6.45, 7) is 5.85. The minimum absolute atomic E-state index is 0.301. The Hall–Kier alpha value is -0.570. The Morgan fingerprint density at radius 1 is 1.64 bits per heavy atom. The number of carbonyl (C=O) groups is 1. The molecule has 0 aromatic carbocycles. The number of fused-ring (bicyclic) bond motifs is 1. The van der Waals surface area contributed by atoms with E-state index in [-0.39, 0.29) is 0 Å². The highest BCUT2D eigenvalue weighted by molar-refractivity contribution is 5.82. The zero-order chi connectivity index (χ0) is 7.84. The van der Waals surface area contributed by atoms with Crippen molar-refractivity contribution in [2.45, 2.75) is 6.92 Å². The van der Waals surface area contributed by atoms with Gasteiger partial charge in [-0.3, -0.25) is 4.79 Å². The summed E-state index contributed by atoms with van der Waals surface area (Å²) in [5, 5.41) is 3.25. The van der Waals surface area contributed by atoms with Crippen LogP contribution in [0.4, 0.5) is 0 Å². The van der Waals surface area contributed by atoms with Gasteiger partial charge >= 0.3 is 0 Å². The van der Waals surface area contributed by atoms with Crippen LogP contribution in [0.15, 0.2) is 0 Å². The van der Waals surface area contributed by atoms with E-state index in [4.69, 9.17) is 0 Å². The molecule has 2 atom stereocenters. The Kier molecular flexibility index (Phi) is 1.60. The number of amides is 1. The van der Waals surface area contributed by atoms with Crippen molar-refractivity contribution in [3.05, 3.63) is 0 Å². The number of nitrogens with zero attached hydrogens (tertiary/aromatic N) is 1. The van der Waals surface area contributed by atoms with Gasteiger partial charge in [0.25, 0.3) is 0 Å². The van der Waals surface area contributed by atoms with E-state index in [0.717, 1.165) is 26.2 Å². The Balaban J connectivity index is 2.10. The maximum absolute atomic E-state index is 11.5. The second kappa shape index (κ2) is 2.48. The van der Waals surface area contributed by atoms with Gasteiger partial charge in [-0.25, -0.2) is 0 Å². The molecule has 2 aliphatic heterocycles. The van der Waals surface area contributed by atoms with Gasteiger partial charge in [-0.15, -0.1) is 0 Å². The molecule has 0 saturated carbocycles. The van der Waals surface area contributed by atoms with Crippen molar-refractivity contribution in [3.63, 3.8) is 0 Å². The van der Waals surface area contributed by atoms with E-state index in [1.807, 2.05) is 11.8 Å². The van der Waals surface area contributed by atoms with Gasteiger partial charge in [0.2, 0.25) is 5.91 Å². The largest absolute Gasteiger partial charge is 0.342 e. The monoisotopic (exact) mass is 154 g/mol. The second-order valence-electron chi connectivity index (χ2n) is 3.40. The Labute approximate surface area is 66.8 Å². The molecule has 0 bridgehead atoms. The number of hydrogen-bond acceptors (Lipinski definition) is 2. The molecule has 1 amide bonds. The molecule has 0 radical (unpaired) electrons. The van der Waals surface area contributed by atoms with Crippen LogP contribution in [0, 0.1) is 11.8 Å². The summed E-state index contributed by atoms with van der Waals surface area (Å²) < 4.78 is 0. The Morgan fingerprint density at radius 3 is 3.09 bits per heavy atom. The topological polar surface area (TPSA) is 32.3 Å². The molecule has 2 heterocycles. The van der Waals surface area contributed by atoms with Crippen molar-refractivity contribution < 1.29 is 4.79 Å². The lowest BCUT2D eigenvalue weighted by molar-refractivity contribution is -0.130. The van der Waals surface area contributed by atoms with Crippen LogP contribution < -0.4 is 5.32 Å². The molecule has 0 aromatic heterocycles. The third kappa shape index (κ3) is 0.948. The van der Waals surface area contributed by atoms with E-state index in [2.05, 4.69) is 5.32 Å². The van der Waals surface area contributed by atoms with E-state index in [1.54, 1.807) is 0 Å². The fraction of sp³-hybridized carbons (Fsp3) is 0.875. The summed E-state index contributed by atoms with van der Waals surface area (Å²) in [5.74, 6) is 1.26. The van der Waals surface area contributed by atoms with Crippen molar-refractivity contribution in [1.29, 1.82) is 0 Å². The molecular formula is C8H14N2O. The first-order chi connectivity index (χ1) is 5.33. The van der Waals surface area contributed by atoms with Gasteiger partial charge in [-0.2, -0.15) is 0 Å². The summed E-state index contributed by atoms with van der Waals surface area (Å²) in [4.78, 5) is 13.5. The van der Waals surface area contributed by atoms with Crippen molar-refractivity contribution in [3.8, 4) is 0 Å². The minimum atomic E-state index is 0.301. The first-order valence-electron chi connectivity index (χ1n) is 4.32. The summed E-state index contributed by atoms with van der Waals surface area (Å²) >= 11 is 0. The SMILES string of the molecule is CCN1C[C@H]2CNC[C@@H]2C1=O. The van der Waals surface area contributed by atoms with E-state index < -0.39 is 0 Å². The standard InChI is InChI=1S/C8H14N2O/c1-2-10-5-6-3-9-4-7(6)8(10)11/h6-7,9H,2-5H2,1H3/t6-,7+/m1/s1. The normalized spacial score (nSPS) is 36.5. The van der Waals surface area contributed by atoms with Crippen molar-refractivity contribution >= 4 is 5.91 Å². The molecule has 62 valence electrons. The van der Waals surface area contributed by atoms with Crippen molar-refractivity contribution in [1.82, 2.24) is 10.2 Å². The lowest BCUT2D eigenvalue weighted by Crippen LogP contribution is -2.30. The maximum atomic E-state index is 11.5. The second-order valence-corrected chi connectivity index (χ2v) is 3.40. The van der Waals surface area contributed by atoms with Gasteiger partial charge in [0.05, 0.1) is 5.92 Å². The average Bonchev–Trinajstić information content (AvgIpc) is 2.53. The zero-order valence-electron chi connectivity index (χ0n) is 6.84. The number of likely N-dealkylation sites (tertiary alicyclic amines) is 1. The molecule has 2 saturated heterocycles. The van der Waals surface area contributed by atoms with Crippen LogP contribution in [0.25, 0.3) is 0 Å². The summed E-state index contributed by atoms with van der Waals surface area (Å²) in [6, 6.07) is 0. The zero-order valence-corrected chi connectivity index (χ0v) is 6.84. The van der Waals surface area contributed by atoms with Crippen molar-refractivity contribution in [2.75, 3.05) is 26.2 Å². The molecule has 3 nitrogen and oxygen atoms in total. The molecule has 0 aliphatic carbocycles. The Morgan fingerprint density at radius 2 is 2.45 bits per heavy atom. The lowest BCUT2D eigenvalue weighted by atomic mass is 10.0. The predicted octanol–water partition coefficient (Wildman–Crippen LogP) is -0.316. The molecule has 0 unspecified atom stereocenters. The van der Waals surface area contributed by atoms with Gasteiger partial charge < -0.3 is 10.2 Å². The molecule has 2 aliphatic rings. The van der Waals surface area contributed by atoms with Crippen LogP contribution in [-0.2, 0) is 4.79 Å². The van der Waals surface area contributed by atoms with Gasteiger partial charge in [0, 0.05) is 32.1 Å². The van der Waals surface area contributed by atoms with E-state index in [0.29, 0.717) is 17.7 Å². The molecule has 2 rings (SSSR count). The highest BCUT2D eigenvalue weighted by Crippen LogP contribution is 2.26. The number of hydrogen-bond donors (Lipinski definition) is 1. The average molecular weight is 154 g/mol. The maximum Gasteiger partial charge on any atom is 0.227 e. The molecule has 11 heavy (non-hydrogen) atoms. The third-order valence-corrected chi connectivity index (χ3v) is 2.81. The first kappa shape index (κ1) is 7.10. The fourth-order valence-corrected chi connectivity index (χ4v) is 2.11. The third-order valence-electron chi connectivity index (χ3n) is 2.81. The lowest BCUT2D eigenvalue weighted by Gasteiger charge is -2.13. The molecule has 0 aromatic rings. The van der Waals surface area contributed by atoms with Crippen LogP contribution in [-0.4, -0.2) is 37.0 Å². The van der Waals surface area contributed by atoms with Crippen LogP contribution in [0.5, 0.6) is 0 Å². The van der Waals surface area contributed by atoms with E-state index >= 15 is 0 Å². The predicted molar refractivity (Wildman–Crippen MR) is 42.1 cm³/mol. The van der Waals surface area contributed by atoms with Crippen LogP contribution in [0.3, 0.4) is 0 Å². The molecule has 3 heteroatoms. The number of nitrogens with one attached hydrogen (secondary N) is 1. The summed E-state index contributed by atoms with van der Waals surface area (Å²) in [5.41, 5.74) is 0. The number of carbonyl (C=O) groups excluding carboxylic acids is 1. The van der Waals surface area contributed by atoms with Gasteiger partial charge in [0.1, 0.15) is 0 Å². The van der Waals surface area contributed by atoms with Crippen LogP contribution in [0.2, 0.25) is 0 Å². The van der Waals surface area contributed by atoms with Gasteiger partial charge in [-0.1, -0.05) is 0 Å². The summed E-state index contributed by atoms with van der Waals surface area (Å²) in [7, 11) is 0. The Bertz CT molecular complexity index is 181. The van der Waals surface area contributed by atoms with Gasteiger partial charge in [0.15, 0.2) is 0 Å². The van der Waals surface area contributed by atoms with Crippen LogP contribution >= 0.6 is 0 Å². The summed E-state index contributed by atoms with van der Waals surface area (Å²) in [6.07, 6.45) is 0. The molecule has 1 N–H and O–H groups in total. The smallest absolute Gasteiger partial charge is 0.227 e. The first-order valence-corrected chi connectivity index (χ1v) is 4.32. The quantitative estimate of drug-likeness (QED) is 0.561. The molecular weight excluding hydrogens is 140 g/mol. The van der Waals surface area contributed by atoms with E-state index in [9.17, 15) is 4.79 Å². The minimum Gasteiger partial charge on any atom is -0.342 e. The van der Waals surface area contributed by atoms with Gasteiger partial charge in [-0.05, 0) is 6.92 Å². The fourth-order valence-electron chi connectivity index (χ4n) is 2.11. The molecule has 2 fully saturated rings. The van der Waals surface area contributed by atoms with Crippen LogP contribution in [0.1, 0.15) is 6.92 Å². The highest BCUT2D eigenvalue weighted by atomic mass is 16.2. The molecule has 0 spiro atoms.